The molecule has 0 bridgehead atoms. The highest BCUT2D eigenvalue weighted by Crippen LogP contribution is 2.17. The number of benzene rings is 2. The first-order valence-corrected chi connectivity index (χ1v) is 8.33. The van der Waals surface area contributed by atoms with Crippen molar-refractivity contribution in [2.24, 2.45) is 0 Å². The van der Waals surface area contributed by atoms with E-state index in [1.807, 2.05) is 32.0 Å². The highest BCUT2D eigenvalue weighted by Gasteiger charge is 2.14. The number of nitrogens with one attached hydrogen (secondary N) is 3. The van der Waals surface area contributed by atoms with Gasteiger partial charge >= 0.3 is 5.63 Å². The number of hydrogen-bond donors (Lipinski definition) is 3. The molecule has 3 rings (SSSR count). The molecule has 3 N–H and O–H groups in total. The van der Waals surface area contributed by atoms with Gasteiger partial charge in [0.25, 0.3) is 5.91 Å². The average molecular weight is 367 g/mol. The van der Waals surface area contributed by atoms with Crippen molar-refractivity contribution in [1.29, 1.82) is 0 Å². The Balaban J connectivity index is 1.69. The second-order valence-electron chi connectivity index (χ2n) is 5.77. The van der Waals surface area contributed by atoms with Crippen molar-refractivity contribution in [2.75, 3.05) is 5.32 Å². The zero-order chi connectivity index (χ0) is 18.7. The Bertz CT molecular complexity index is 1060. The fourth-order valence-electron chi connectivity index (χ4n) is 2.44. The maximum absolute atomic E-state index is 12.3. The molecule has 0 aliphatic rings. The van der Waals surface area contributed by atoms with Gasteiger partial charge in [-0.3, -0.25) is 15.6 Å². The van der Waals surface area contributed by atoms with E-state index in [0.29, 0.717) is 11.0 Å². The van der Waals surface area contributed by atoms with Crippen LogP contribution in [0.25, 0.3) is 11.0 Å². The number of fused-ring (bicyclic) bond motifs is 1. The van der Waals surface area contributed by atoms with Crippen LogP contribution in [0.4, 0.5) is 5.69 Å². The van der Waals surface area contributed by atoms with Gasteiger partial charge in [0.1, 0.15) is 11.1 Å². The van der Waals surface area contributed by atoms with Crippen molar-refractivity contribution in [3.05, 3.63) is 75.6 Å². The van der Waals surface area contributed by atoms with E-state index in [9.17, 15) is 9.59 Å². The topological polar surface area (TPSA) is 83.4 Å². The predicted molar refractivity (Wildman–Crippen MR) is 105 cm³/mol. The first-order chi connectivity index (χ1) is 12.5. The molecule has 0 aliphatic heterocycles. The summed E-state index contributed by atoms with van der Waals surface area (Å²) in [7, 11) is 0. The summed E-state index contributed by atoms with van der Waals surface area (Å²) in [6.07, 6.45) is 0. The molecule has 26 heavy (non-hydrogen) atoms. The number of hydrazine groups is 1. The summed E-state index contributed by atoms with van der Waals surface area (Å²) < 4.78 is 5.15. The number of thiocarbonyl (C=S) groups is 1. The van der Waals surface area contributed by atoms with Crippen LogP contribution in [0, 0.1) is 13.8 Å². The molecule has 1 aromatic heterocycles. The number of hydrogen-bond acceptors (Lipinski definition) is 4. The van der Waals surface area contributed by atoms with E-state index in [1.54, 1.807) is 24.3 Å². The molecule has 0 saturated carbocycles. The van der Waals surface area contributed by atoms with Gasteiger partial charge in [0.05, 0.1) is 0 Å². The average Bonchev–Trinajstić information content (AvgIpc) is 2.63. The maximum atomic E-state index is 12.3. The molecule has 0 radical (unpaired) electrons. The number of aryl methyl sites for hydroxylation is 1. The van der Waals surface area contributed by atoms with Crippen molar-refractivity contribution >= 4 is 39.9 Å². The van der Waals surface area contributed by atoms with E-state index in [2.05, 4.69) is 16.2 Å². The van der Waals surface area contributed by atoms with Crippen LogP contribution in [0.15, 0.2) is 57.7 Å². The second kappa shape index (κ2) is 7.37. The van der Waals surface area contributed by atoms with Crippen LogP contribution < -0.4 is 21.8 Å². The predicted octanol–water partition coefficient (Wildman–Crippen LogP) is 3.04. The van der Waals surface area contributed by atoms with Crippen molar-refractivity contribution in [1.82, 2.24) is 10.9 Å². The number of anilines is 1. The summed E-state index contributed by atoms with van der Waals surface area (Å²) in [5.74, 6) is -0.630. The molecule has 1 heterocycles. The van der Waals surface area contributed by atoms with E-state index >= 15 is 0 Å². The van der Waals surface area contributed by atoms with E-state index in [-0.39, 0.29) is 10.7 Å². The molecule has 0 aliphatic carbocycles. The van der Waals surface area contributed by atoms with E-state index in [1.165, 1.54) is 6.07 Å². The Morgan fingerprint density at radius 2 is 1.81 bits per heavy atom. The van der Waals surface area contributed by atoms with Gasteiger partial charge in [-0.15, -0.1) is 0 Å². The van der Waals surface area contributed by atoms with E-state index in [0.717, 1.165) is 16.8 Å². The maximum Gasteiger partial charge on any atom is 0.349 e. The smallest absolute Gasteiger partial charge is 0.349 e. The Morgan fingerprint density at radius 3 is 2.62 bits per heavy atom. The van der Waals surface area contributed by atoms with Gasteiger partial charge in [-0.1, -0.05) is 30.3 Å². The monoisotopic (exact) mass is 367 g/mol. The Hall–Kier alpha value is -3.19. The van der Waals surface area contributed by atoms with Crippen LogP contribution in [-0.4, -0.2) is 11.0 Å². The third-order valence-corrected chi connectivity index (χ3v) is 4.23. The molecular weight excluding hydrogens is 350 g/mol. The van der Waals surface area contributed by atoms with Crippen LogP contribution in [0.2, 0.25) is 0 Å². The van der Waals surface area contributed by atoms with Crippen LogP contribution in [0.3, 0.4) is 0 Å². The van der Waals surface area contributed by atoms with Gasteiger partial charge < -0.3 is 9.73 Å². The summed E-state index contributed by atoms with van der Waals surface area (Å²) in [5, 5.41) is 3.87. The number of rotatable bonds is 2. The van der Waals surface area contributed by atoms with E-state index in [4.69, 9.17) is 16.6 Å². The minimum atomic E-state index is -0.712. The van der Waals surface area contributed by atoms with Crippen LogP contribution in [-0.2, 0) is 0 Å². The molecule has 0 unspecified atom stereocenters. The first-order valence-electron chi connectivity index (χ1n) is 7.92. The molecule has 7 heteroatoms. The number of amides is 1. The Morgan fingerprint density at radius 1 is 1.04 bits per heavy atom. The summed E-state index contributed by atoms with van der Waals surface area (Å²) >= 11 is 5.18. The summed E-state index contributed by atoms with van der Waals surface area (Å²) in [5.41, 5.74) is 7.62. The highest BCUT2D eigenvalue weighted by atomic mass is 32.1. The van der Waals surface area contributed by atoms with Gasteiger partial charge in [0.15, 0.2) is 5.11 Å². The largest absolute Gasteiger partial charge is 0.422 e. The van der Waals surface area contributed by atoms with E-state index < -0.39 is 11.5 Å². The molecule has 6 nitrogen and oxygen atoms in total. The quantitative estimate of drug-likeness (QED) is 0.367. The third kappa shape index (κ3) is 3.73. The molecule has 0 fully saturated rings. The molecule has 2 aromatic carbocycles. The molecule has 0 spiro atoms. The van der Waals surface area contributed by atoms with Gasteiger partial charge in [-0.2, -0.15) is 0 Å². The molecular formula is C19H17N3O3S. The van der Waals surface area contributed by atoms with Crippen molar-refractivity contribution in [3.8, 4) is 0 Å². The SMILES string of the molecule is Cc1cccc(NC(=S)NNC(=O)c2cc3ccccc3oc2=O)c1C. The normalized spacial score (nSPS) is 10.4. The molecule has 1 amide bonds. The molecule has 0 saturated heterocycles. The van der Waals surface area contributed by atoms with Crippen LogP contribution >= 0.6 is 12.2 Å². The van der Waals surface area contributed by atoms with Crippen LogP contribution in [0.5, 0.6) is 0 Å². The number of carbonyl (C=O) groups excluding carboxylic acids is 1. The second-order valence-corrected chi connectivity index (χ2v) is 6.17. The minimum Gasteiger partial charge on any atom is -0.422 e. The lowest BCUT2D eigenvalue weighted by Crippen LogP contribution is -2.45. The van der Waals surface area contributed by atoms with Crippen molar-refractivity contribution in [2.45, 2.75) is 13.8 Å². The number of carbonyl (C=O) groups is 1. The lowest BCUT2D eigenvalue weighted by molar-refractivity contribution is 0.0940. The van der Waals surface area contributed by atoms with Gasteiger partial charge in [0.2, 0.25) is 0 Å². The molecule has 132 valence electrons. The Labute approximate surface area is 155 Å². The fourth-order valence-corrected chi connectivity index (χ4v) is 2.60. The summed E-state index contributed by atoms with van der Waals surface area (Å²) in [6.45, 7) is 3.97. The van der Waals surface area contributed by atoms with Crippen molar-refractivity contribution < 1.29 is 9.21 Å². The Kier molecular flexibility index (Phi) is 4.99. The van der Waals surface area contributed by atoms with Gasteiger partial charge in [0, 0.05) is 11.1 Å². The lowest BCUT2D eigenvalue weighted by Gasteiger charge is -2.14. The highest BCUT2D eigenvalue weighted by molar-refractivity contribution is 7.80. The minimum absolute atomic E-state index is 0.106. The molecule has 3 aromatic rings. The van der Waals surface area contributed by atoms with Gasteiger partial charge in [-0.25, -0.2) is 4.79 Å². The third-order valence-electron chi connectivity index (χ3n) is 4.03. The summed E-state index contributed by atoms with van der Waals surface area (Å²) in [4.78, 5) is 24.3. The molecule has 0 atom stereocenters. The zero-order valence-electron chi connectivity index (χ0n) is 14.3. The first kappa shape index (κ1) is 17.6. The van der Waals surface area contributed by atoms with Gasteiger partial charge in [-0.05, 0) is 55.4 Å². The van der Waals surface area contributed by atoms with Crippen LogP contribution in [0.1, 0.15) is 21.5 Å². The zero-order valence-corrected chi connectivity index (χ0v) is 15.1. The number of para-hydroxylation sites is 1. The standard InChI is InChI=1S/C19H17N3O3S/c1-11-6-5-8-15(12(11)2)20-19(26)22-21-17(23)14-10-13-7-3-4-9-16(13)25-18(14)24/h3-10H,1-2H3,(H,21,23)(H2,20,22,26). The fraction of sp³-hybridized carbons (Fsp3) is 0.105. The lowest BCUT2D eigenvalue weighted by atomic mass is 10.1. The van der Waals surface area contributed by atoms with Crippen molar-refractivity contribution in [3.63, 3.8) is 0 Å². The summed E-state index contributed by atoms with van der Waals surface area (Å²) in [6, 6.07) is 14.3.